The number of allylic oxidation sites excluding steroid dienone is 5. The summed E-state index contributed by atoms with van der Waals surface area (Å²) in [5, 5.41) is 9.52. The van der Waals surface area contributed by atoms with Crippen LogP contribution in [0.1, 0.15) is 64.5 Å². The number of aryl methyl sites for hydroxylation is 1. The van der Waals surface area contributed by atoms with Gasteiger partial charge in [0.1, 0.15) is 5.75 Å². The maximum Gasteiger partial charge on any atom is 0.310 e. The summed E-state index contributed by atoms with van der Waals surface area (Å²) in [6.45, 7) is 10.5. The number of aliphatic carboxylic acids is 1. The fourth-order valence-electron chi connectivity index (χ4n) is 5.19. The highest BCUT2D eigenvalue weighted by molar-refractivity contribution is 5.77. The first kappa shape index (κ1) is 24.3. The van der Waals surface area contributed by atoms with Crippen LogP contribution in [0.5, 0.6) is 5.75 Å². The monoisotopic (exact) mass is 437 g/mol. The Morgan fingerprint density at radius 1 is 1.22 bits per heavy atom. The molecule has 4 nitrogen and oxygen atoms in total. The van der Waals surface area contributed by atoms with Crippen LogP contribution in [0.4, 0.5) is 0 Å². The van der Waals surface area contributed by atoms with E-state index in [4.69, 9.17) is 4.74 Å². The standard InChI is InChI=1S/C28H39NO3/c1-6-8-9-20-10-11-22-18-23(32-5)12-13-25(22)26(24(20)7-2)21-14-16-29(17-15-21)19-28(3,4)27(30)31/h6,8-9,12-13,18,24H,7,10-11,14-17,19H2,1-5H3,(H,30,31)/b8-6-,20-9-. The predicted molar refractivity (Wildman–Crippen MR) is 132 cm³/mol. The summed E-state index contributed by atoms with van der Waals surface area (Å²) >= 11 is 0. The number of methoxy groups -OCH3 is 1. The average Bonchev–Trinajstić information content (AvgIpc) is 2.93. The lowest BCUT2D eigenvalue weighted by Gasteiger charge is -2.35. The number of carboxylic acids is 1. The van der Waals surface area contributed by atoms with Gasteiger partial charge < -0.3 is 14.7 Å². The lowest BCUT2D eigenvalue weighted by Crippen LogP contribution is -2.42. The number of hydrogen-bond acceptors (Lipinski definition) is 3. The Hall–Kier alpha value is -2.33. The molecule has 1 heterocycles. The Balaban J connectivity index is 1.99. The molecule has 1 atom stereocenters. The molecule has 0 saturated carbocycles. The molecule has 0 amide bonds. The Kier molecular flexibility index (Phi) is 8.00. The van der Waals surface area contributed by atoms with E-state index in [9.17, 15) is 9.90 Å². The molecule has 174 valence electrons. The first-order valence-electron chi connectivity index (χ1n) is 12.0. The number of carboxylic acid groups (broad SMARTS) is 1. The second-order valence-corrected chi connectivity index (χ2v) is 9.73. The van der Waals surface area contributed by atoms with Crippen LogP contribution in [-0.4, -0.2) is 42.7 Å². The first-order valence-corrected chi connectivity index (χ1v) is 12.0. The highest BCUT2D eigenvalue weighted by Gasteiger charge is 2.33. The number of nitrogens with zero attached hydrogens (tertiary/aromatic N) is 1. The minimum Gasteiger partial charge on any atom is -0.497 e. The molecule has 1 N–H and O–H groups in total. The molecule has 1 fully saturated rings. The van der Waals surface area contributed by atoms with E-state index < -0.39 is 11.4 Å². The van der Waals surface area contributed by atoms with Crippen LogP contribution in [0.25, 0.3) is 5.57 Å². The maximum atomic E-state index is 11.6. The van der Waals surface area contributed by atoms with Crippen molar-refractivity contribution in [1.82, 2.24) is 4.90 Å². The molecule has 2 aliphatic rings. The molecular weight excluding hydrogens is 398 g/mol. The largest absolute Gasteiger partial charge is 0.497 e. The van der Waals surface area contributed by atoms with Crippen molar-refractivity contribution in [2.45, 2.75) is 59.8 Å². The molecule has 1 saturated heterocycles. The third-order valence-electron chi connectivity index (χ3n) is 7.03. The van der Waals surface area contributed by atoms with Gasteiger partial charge in [-0.3, -0.25) is 4.79 Å². The van der Waals surface area contributed by atoms with Gasteiger partial charge in [0, 0.05) is 25.6 Å². The zero-order valence-electron chi connectivity index (χ0n) is 20.4. The summed E-state index contributed by atoms with van der Waals surface area (Å²) < 4.78 is 5.53. The molecule has 1 unspecified atom stereocenters. The summed E-state index contributed by atoms with van der Waals surface area (Å²) in [7, 11) is 1.73. The number of hydrogen-bond donors (Lipinski definition) is 1. The second-order valence-electron chi connectivity index (χ2n) is 9.73. The summed E-state index contributed by atoms with van der Waals surface area (Å²) in [5.41, 5.74) is 6.61. The molecular formula is C28H39NO3. The molecule has 3 rings (SSSR count). The van der Waals surface area contributed by atoms with Crippen molar-refractivity contribution in [3.05, 3.63) is 58.7 Å². The van der Waals surface area contributed by atoms with Gasteiger partial charge in [0.25, 0.3) is 0 Å². The van der Waals surface area contributed by atoms with E-state index in [1.807, 2.05) is 13.8 Å². The fourth-order valence-corrected chi connectivity index (χ4v) is 5.19. The number of likely N-dealkylation sites (tertiary alicyclic amines) is 1. The third-order valence-corrected chi connectivity index (χ3v) is 7.03. The molecule has 1 aliphatic carbocycles. The normalized spacial score (nSPS) is 21.7. The minimum atomic E-state index is -0.724. The fraction of sp³-hybridized carbons (Fsp3) is 0.536. The summed E-state index contributed by atoms with van der Waals surface area (Å²) in [5.74, 6) is 0.628. The number of ether oxygens (including phenoxy) is 1. The third kappa shape index (κ3) is 5.35. The van der Waals surface area contributed by atoms with Crippen LogP contribution in [-0.2, 0) is 11.2 Å². The van der Waals surface area contributed by atoms with Gasteiger partial charge in [0.2, 0.25) is 0 Å². The lowest BCUT2D eigenvalue weighted by atomic mass is 9.79. The van der Waals surface area contributed by atoms with Gasteiger partial charge in [-0.1, -0.05) is 42.4 Å². The Bertz CT molecular complexity index is 913. The highest BCUT2D eigenvalue weighted by atomic mass is 16.5. The van der Waals surface area contributed by atoms with Crippen LogP contribution in [0.3, 0.4) is 0 Å². The number of piperidine rings is 1. The van der Waals surface area contributed by atoms with Gasteiger partial charge in [-0.2, -0.15) is 0 Å². The average molecular weight is 438 g/mol. The Labute approximate surface area is 193 Å². The van der Waals surface area contributed by atoms with Crippen molar-refractivity contribution in [2.75, 3.05) is 26.7 Å². The van der Waals surface area contributed by atoms with E-state index in [-0.39, 0.29) is 0 Å². The number of carbonyl (C=O) groups is 1. The van der Waals surface area contributed by atoms with Gasteiger partial charge in [-0.25, -0.2) is 0 Å². The van der Waals surface area contributed by atoms with Crippen molar-refractivity contribution < 1.29 is 14.6 Å². The van der Waals surface area contributed by atoms with Gasteiger partial charge in [0.05, 0.1) is 12.5 Å². The molecule has 0 spiro atoms. The molecule has 0 aromatic heterocycles. The smallest absolute Gasteiger partial charge is 0.310 e. The first-order chi connectivity index (χ1) is 15.3. The minimum absolute atomic E-state index is 0.429. The van der Waals surface area contributed by atoms with Crippen molar-refractivity contribution in [1.29, 1.82) is 0 Å². The van der Waals surface area contributed by atoms with Crippen LogP contribution < -0.4 is 4.74 Å². The SMILES string of the molecule is C/C=C\C=C1\CCc2cc(OC)ccc2C(=C2CCN(CC(C)(C)C(=O)O)CC2)C1CC. The van der Waals surface area contributed by atoms with E-state index in [1.54, 1.807) is 12.7 Å². The Morgan fingerprint density at radius 2 is 1.94 bits per heavy atom. The van der Waals surface area contributed by atoms with Gasteiger partial charge in [-0.15, -0.1) is 0 Å². The van der Waals surface area contributed by atoms with Crippen molar-refractivity contribution >= 4 is 11.5 Å². The number of rotatable bonds is 6. The summed E-state index contributed by atoms with van der Waals surface area (Å²) in [4.78, 5) is 13.9. The highest BCUT2D eigenvalue weighted by Crippen LogP contribution is 2.44. The lowest BCUT2D eigenvalue weighted by molar-refractivity contribution is -0.148. The number of fused-ring (bicyclic) bond motifs is 1. The van der Waals surface area contributed by atoms with Crippen molar-refractivity contribution in [3.63, 3.8) is 0 Å². The van der Waals surface area contributed by atoms with Crippen LogP contribution >= 0.6 is 0 Å². The van der Waals surface area contributed by atoms with E-state index in [2.05, 4.69) is 55.2 Å². The van der Waals surface area contributed by atoms with E-state index >= 15 is 0 Å². The van der Waals surface area contributed by atoms with E-state index in [0.29, 0.717) is 12.5 Å². The van der Waals surface area contributed by atoms with Crippen LogP contribution in [0, 0.1) is 11.3 Å². The van der Waals surface area contributed by atoms with Gasteiger partial charge in [0.15, 0.2) is 0 Å². The Morgan fingerprint density at radius 3 is 2.53 bits per heavy atom. The molecule has 4 heteroatoms. The molecule has 1 aromatic rings. The zero-order valence-corrected chi connectivity index (χ0v) is 20.4. The predicted octanol–water partition coefficient (Wildman–Crippen LogP) is 6.13. The topological polar surface area (TPSA) is 49.8 Å². The maximum absolute atomic E-state index is 11.6. The van der Waals surface area contributed by atoms with Gasteiger partial charge >= 0.3 is 5.97 Å². The van der Waals surface area contributed by atoms with Crippen LogP contribution in [0.2, 0.25) is 0 Å². The zero-order chi connectivity index (χ0) is 23.3. The van der Waals surface area contributed by atoms with Crippen molar-refractivity contribution in [3.8, 4) is 5.75 Å². The van der Waals surface area contributed by atoms with Crippen molar-refractivity contribution in [2.24, 2.45) is 11.3 Å². The molecule has 1 aromatic carbocycles. The molecule has 0 radical (unpaired) electrons. The molecule has 32 heavy (non-hydrogen) atoms. The molecule has 0 bridgehead atoms. The second kappa shape index (κ2) is 10.5. The van der Waals surface area contributed by atoms with E-state index in [0.717, 1.165) is 50.9 Å². The van der Waals surface area contributed by atoms with Crippen LogP contribution in [0.15, 0.2) is 47.6 Å². The summed E-state index contributed by atoms with van der Waals surface area (Å²) in [6, 6.07) is 6.57. The quantitative estimate of drug-likeness (QED) is 0.544. The number of benzene rings is 1. The van der Waals surface area contributed by atoms with Gasteiger partial charge in [-0.05, 0) is 81.7 Å². The molecule has 1 aliphatic heterocycles. The summed E-state index contributed by atoms with van der Waals surface area (Å²) in [6.07, 6.45) is 11.8. The van der Waals surface area contributed by atoms with E-state index in [1.165, 1.54) is 22.3 Å².